The fraction of sp³-hybridized carbons (Fsp3) is 0.538. The van der Waals surface area contributed by atoms with Crippen LogP contribution in [-0.4, -0.2) is 30.0 Å². The first-order chi connectivity index (χ1) is 9.38. The lowest BCUT2D eigenvalue weighted by Gasteiger charge is -2.24. The summed E-state index contributed by atoms with van der Waals surface area (Å²) in [5, 5.41) is 5.97. The molecule has 1 aliphatic heterocycles. The summed E-state index contributed by atoms with van der Waals surface area (Å²) < 4.78 is 37.5. The molecule has 1 aromatic heterocycles. The van der Waals surface area contributed by atoms with Gasteiger partial charge >= 0.3 is 6.18 Å². The highest BCUT2D eigenvalue weighted by Crippen LogP contribution is 2.28. The number of amides is 1. The molecular weight excluding hydrogens is 307 g/mol. The van der Waals surface area contributed by atoms with Crippen LogP contribution in [0.1, 0.15) is 34.6 Å². The maximum atomic E-state index is 12.5. The van der Waals surface area contributed by atoms with E-state index in [0.29, 0.717) is 6.54 Å². The van der Waals surface area contributed by atoms with Crippen molar-refractivity contribution in [2.45, 2.75) is 32.0 Å². The van der Waals surface area contributed by atoms with Gasteiger partial charge in [-0.3, -0.25) is 4.79 Å². The number of nitrogens with one attached hydrogen (secondary N) is 2. The van der Waals surface area contributed by atoms with Gasteiger partial charge in [-0.15, -0.1) is 12.4 Å². The monoisotopic (exact) mass is 323 g/mol. The molecule has 1 atom stereocenters. The number of halogens is 4. The first-order valence-electron chi connectivity index (χ1n) is 6.44. The van der Waals surface area contributed by atoms with Crippen molar-refractivity contribution in [3.8, 4) is 0 Å². The Kier molecular flexibility index (Phi) is 5.98. The number of carbonyl (C=O) groups is 1. The Morgan fingerprint density at radius 2 is 2.14 bits per heavy atom. The molecule has 0 unspecified atom stereocenters. The number of alkyl halides is 3. The van der Waals surface area contributed by atoms with Crippen molar-refractivity contribution < 1.29 is 18.0 Å². The number of carbonyl (C=O) groups excluding carboxylic acids is 1. The van der Waals surface area contributed by atoms with Crippen molar-refractivity contribution in [3.63, 3.8) is 0 Å². The van der Waals surface area contributed by atoms with Gasteiger partial charge in [0.15, 0.2) is 0 Å². The van der Waals surface area contributed by atoms with E-state index in [2.05, 4.69) is 15.6 Å². The van der Waals surface area contributed by atoms with Crippen molar-refractivity contribution >= 4 is 18.3 Å². The van der Waals surface area contributed by atoms with Crippen LogP contribution < -0.4 is 10.6 Å². The van der Waals surface area contributed by atoms with Crippen LogP contribution in [0.5, 0.6) is 0 Å². The average Bonchev–Trinajstić information content (AvgIpc) is 2.38. The number of hydrogen-bond acceptors (Lipinski definition) is 3. The van der Waals surface area contributed by atoms with Crippen LogP contribution in [0, 0.1) is 6.92 Å². The SMILES string of the molecule is Cc1nc(C(F)(F)F)ccc1C(=O)N[C@H]1CCCNC1.Cl. The second-order valence-corrected chi connectivity index (χ2v) is 4.84. The van der Waals surface area contributed by atoms with E-state index in [0.717, 1.165) is 25.5 Å². The van der Waals surface area contributed by atoms with Crippen molar-refractivity contribution in [1.29, 1.82) is 0 Å². The molecule has 0 aliphatic carbocycles. The topological polar surface area (TPSA) is 54.0 Å². The summed E-state index contributed by atoms with van der Waals surface area (Å²) >= 11 is 0. The van der Waals surface area contributed by atoms with Gasteiger partial charge < -0.3 is 10.6 Å². The molecule has 1 fully saturated rings. The van der Waals surface area contributed by atoms with Gasteiger partial charge in [-0.25, -0.2) is 4.98 Å². The Morgan fingerprint density at radius 3 is 2.67 bits per heavy atom. The van der Waals surface area contributed by atoms with Crippen LogP contribution in [0.3, 0.4) is 0 Å². The van der Waals surface area contributed by atoms with Crippen molar-refractivity contribution in [2.24, 2.45) is 0 Å². The molecular formula is C13H17ClF3N3O. The highest BCUT2D eigenvalue weighted by atomic mass is 35.5. The van der Waals surface area contributed by atoms with Gasteiger partial charge in [-0.05, 0) is 38.4 Å². The molecule has 0 spiro atoms. The quantitative estimate of drug-likeness (QED) is 0.878. The summed E-state index contributed by atoms with van der Waals surface area (Å²) in [6, 6.07) is 2.02. The first kappa shape index (κ1) is 17.7. The summed E-state index contributed by atoms with van der Waals surface area (Å²) in [5.74, 6) is -0.377. The molecule has 1 aliphatic rings. The van der Waals surface area contributed by atoms with Crippen molar-refractivity contribution in [1.82, 2.24) is 15.6 Å². The van der Waals surface area contributed by atoms with Crippen molar-refractivity contribution in [3.05, 3.63) is 29.1 Å². The molecule has 118 valence electrons. The molecule has 1 aromatic rings. The Labute approximate surface area is 126 Å². The number of nitrogens with zero attached hydrogens (tertiary/aromatic N) is 1. The number of aromatic nitrogens is 1. The van der Waals surface area contributed by atoms with Crippen LogP contribution >= 0.6 is 12.4 Å². The smallest absolute Gasteiger partial charge is 0.348 e. The lowest BCUT2D eigenvalue weighted by Crippen LogP contribution is -2.45. The molecule has 0 radical (unpaired) electrons. The van der Waals surface area contributed by atoms with Crippen LogP contribution in [0.25, 0.3) is 0 Å². The molecule has 4 nitrogen and oxygen atoms in total. The third-order valence-electron chi connectivity index (χ3n) is 3.25. The second kappa shape index (κ2) is 7.09. The maximum absolute atomic E-state index is 12.5. The summed E-state index contributed by atoms with van der Waals surface area (Å²) in [7, 11) is 0. The number of aryl methyl sites for hydroxylation is 1. The van der Waals surface area contributed by atoms with Crippen molar-refractivity contribution in [2.75, 3.05) is 13.1 Å². The Bertz CT molecular complexity index is 502. The standard InChI is InChI=1S/C13H16F3N3O.ClH/c1-8-10(4-5-11(18-8)13(14,15)16)12(20)19-9-3-2-6-17-7-9;/h4-5,9,17H,2-3,6-7H2,1H3,(H,19,20);1H/t9-;/m0./s1. The summed E-state index contributed by atoms with van der Waals surface area (Å²) in [6.07, 6.45) is -2.66. The average molecular weight is 324 g/mol. The molecule has 8 heteroatoms. The van der Waals surface area contributed by atoms with E-state index in [9.17, 15) is 18.0 Å². The first-order valence-corrected chi connectivity index (χ1v) is 6.44. The minimum Gasteiger partial charge on any atom is -0.348 e. The normalized spacial score (nSPS) is 18.8. The van der Waals surface area contributed by atoms with Gasteiger partial charge in [-0.2, -0.15) is 13.2 Å². The van der Waals surface area contributed by atoms with Gasteiger partial charge in [-0.1, -0.05) is 0 Å². The maximum Gasteiger partial charge on any atom is 0.433 e. The third-order valence-corrected chi connectivity index (χ3v) is 3.25. The van der Waals surface area contributed by atoms with E-state index in [4.69, 9.17) is 0 Å². The molecule has 0 bridgehead atoms. The molecule has 2 N–H and O–H groups in total. The Balaban J connectivity index is 0.00000220. The summed E-state index contributed by atoms with van der Waals surface area (Å²) in [4.78, 5) is 15.5. The van der Waals surface area contributed by atoms with Crippen LogP contribution in [0.2, 0.25) is 0 Å². The van der Waals surface area contributed by atoms with Gasteiger partial charge in [0, 0.05) is 12.6 Å². The summed E-state index contributed by atoms with van der Waals surface area (Å²) in [6.45, 7) is 3.01. The minimum atomic E-state index is -4.49. The van der Waals surface area contributed by atoms with E-state index in [-0.39, 0.29) is 35.6 Å². The molecule has 0 saturated carbocycles. The highest BCUT2D eigenvalue weighted by molar-refractivity contribution is 5.95. The molecule has 1 amide bonds. The zero-order chi connectivity index (χ0) is 14.8. The lowest BCUT2D eigenvalue weighted by atomic mass is 10.1. The van der Waals surface area contributed by atoms with E-state index in [1.165, 1.54) is 13.0 Å². The fourth-order valence-corrected chi connectivity index (χ4v) is 2.20. The van der Waals surface area contributed by atoms with Gasteiger partial charge in [0.25, 0.3) is 5.91 Å². The van der Waals surface area contributed by atoms with Gasteiger partial charge in [0.2, 0.25) is 0 Å². The third kappa shape index (κ3) is 4.57. The van der Waals surface area contributed by atoms with E-state index >= 15 is 0 Å². The van der Waals surface area contributed by atoms with Gasteiger partial charge in [0.05, 0.1) is 11.3 Å². The summed E-state index contributed by atoms with van der Waals surface area (Å²) in [5.41, 5.74) is -0.712. The zero-order valence-corrected chi connectivity index (χ0v) is 12.3. The molecule has 2 heterocycles. The predicted molar refractivity (Wildman–Crippen MR) is 74.6 cm³/mol. The number of piperidine rings is 1. The van der Waals surface area contributed by atoms with Gasteiger partial charge in [0.1, 0.15) is 5.69 Å². The highest BCUT2D eigenvalue weighted by Gasteiger charge is 2.33. The fourth-order valence-electron chi connectivity index (χ4n) is 2.20. The van der Waals surface area contributed by atoms with Crippen LogP contribution in [-0.2, 0) is 6.18 Å². The van der Waals surface area contributed by atoms with Crippen LogP contribution in [0.15, 0.2) is 12.1 Å². The second-order valence-electron chi connectivity index (χ2n) is 4.84. The van der Waals surface area contributed by atoms with E-state index < -0.39 is 11.9 Å². The van der Waals surface area contributed by atoms with E-state index in [1.807, 2.05) is 0 Å². The minimum absolute atomic E-state index is 0. The molecule has 2 rings (SSSR count). The molecule has 21 heavy (non-hydrogen) atoms. The van der Waals surface area contributed by atoms with E-state index in [1.54, 1.807) is 0 Å². The number of rotatable bonds is 2. The lowest BCUT2D eigenvalue weighted by molar-refractivity contribution is -0.141. The molecule has 1 saturated heterocycles. The predicted octanol–water partition coefficient (Wildman–Crippen LogP) is 2.31. The number of hydrogen-bond donors (Lipinski definition) is 2. The largest absolute Gasteiger partial charge is 0.433 e. The Hall–Kier alpha value is -1.34. The Morgan fingerprint density at radius 1 is 1.43 bits per heavy atom. The zero-order valence-electron chi connectivity index (χ0n) is 11.5. The molecule has 0 aromatic carbocycles. The number of pyridine rings is 1. The van der Waals surface area contributed by atoms with Crippen LogP contribution in [0.4, 0.5) is 13.2 Å².